The highest BCUT2D eigenvalue weighted by Crippen LogP contribution is 2.21. The molecular weight excluding hydrogens is 288 g/mol. The summed E-state index contributed by atoms with van der Waals surface area (Å²) in [4.78, 5) is 28.7. The van der Waals surface area contributed by atoms with Gasteiger partial charge in [-0.15, -0.1) is 11.3 Å². The lowest BCUT2D eigenvalue weighted by atomic mass is 10.1. The molecule has 1 amide bonds. The lowest BCUT2D eigenvalue weighted by Gasteiger charge is -2.39. The molecule has 0 N–H and O–H groups in total. The van der Waals surface area contributed by atoms with Gasteiger partial charge in [0.15, 0.2) is 0 Å². The van der Waals surface area contributed by atoms with E-state index in [-0.39, 0.29) is 17.9 Å². The predicted molar refractivity (Wildman–Crippen MR) is 82.6 cm³/mol. The van der Waals surface area contributed by atoms with Gasteiger partial charge >= 0.3 is 5.97 Å². The number of piperazine rings is 1. The molecular formula is C15H22N2O3S. The highest BCUT2D eigenvalue weighted by Gasteiger charge is 2.29. The van der Waals surface area contributed by atoms with Gasteiger partial charge in [0, 0.05) is 32.2 Å². The number of ether oxygens (including phenoxy) is 1. The molecule has 1 aromatic rings. The Kier molecular flexibility index (Phi) is 5.36. The molecule has 0 spiro atoms. The summed E-state index contributed by atoms with van der Waals surface area (Å²) in [6.45, 7) is 7.03. The number of methoxy groups -OCH3 is 1. The normalized spacial score (nSPS) is 19.6. The van der Waals surface area contributed by atoms with Gasteiger partial charge < -0.3 is 9.64 Å². The van der Waals surface area contributed by atoms with Gasteiger partial charge in [0.1, 0.15) is 0 Å². The number of esters is 1. The zero-order valence-electron chi connectivity index (χ0n) is 12.8. The van der Waals surface area contributed by atoms with Crippen LogP contribution in [0, 0.1) is 6.92 Å². The second-order valence-electron chi connectivity index (χ2n) is 5.41. The molecule has 0 radical (unpaired) electrons. The second-order valence-corrected chi connectivity index (χ2v) is 6.32. The molecule has 2 heterocycles. The van der Waals surface area contributed by atoms with Gasteiger partial charge in [-0.1, -0.05) is 0 Å². The van der Waals surface area contributed by atoms with Crippen molar-refractivity contribution in [2.24, 2.45) is 0 Å². The van der Waals surface area contributed by atoms with E-state index in [2.05, 4.69) is 16.6 Å². The summed E-state index contributed by atoms with van der Waals surface area (Å²) in [5, 5.41) is 1.96. The van der Waals surface area contributed by atoms with E-state index in [1.807, 2.05) is 23.3 Å². The Morgan fingerprint density at radius 3 is 2.76 bits per heavy atom. The van der Waals surface area contributed by atoms with E-state index in [0.717, 1.165) is 23.5 Å². The third-order valence-corrected chi connectivity index (χ3v) is 4.89. The molecule has 1 aliphatic heterocycles. The molecule has 0 unspecified atom stereocenters. The van der Waals surface area contributed by atoms with E-state index >= 15 is 0 Å². The average Bonchev–Trinajstić information content (AvgIpc) is 2.90. The fourth-order valence-corrected chi connectivity index (χ4v) is 3.49. The summed E-state index contributed by atoms with van der Waals surface area (Å²) in [7, 11) is 1.41. The summed E-state index contributed by atoms with van der Waals surface area (Å²) in [5.74, 6) is -0.0574. The third kappa shape index (κ3) is 3.83. The van der Waals surface area contributed by atoms with Crippen LogP contribution in [0.2, 0.25) is 0 Å². The number of hydrogen-bond donors (Lipinski definition) is 0. The van der Waals surface area contributed by atoms with Gasteiger partial charge in [0.2, 0.25) is 0 Å². The fraction of sp³-hybridized carbons (Fsp3) is 0.600. The lowest BCUT2D eigenvalue weighted by Crippen LogP contribution is -2.54. The molecule has 0 aliphatic carbocycles. The Morgan fingerprint density at radius 2 is 2.19 bits per heavy atom. The zero-order chi connectivity index (χ0) is 15.4. The molecule has 1 saturated heterocycles. The summed E-state index contributed by atoms with van der Waals surface area (Å²) in [5.41, 5.74) is 1.05. The van der Waals surface area contributed by atoms with Gasteiger partial charge in [-0.05, 0) is 30.9 Å². The second kappa shape index (κ2) is 7.04. The quantitative estimate of drug-likeness (QED) is 0.795. The third-order valence-electron chi connectivity index (χ3n) is 3.89. The number of hydrogen-bond acceptors (Lipinski definition) is 5. The summed E-state index contributed by atoms with van der Waals surface area (Å²) >= 11 is 1.51. The summed E-state index contributed by atoms with van der Waals surface area (Å²) in [6, 6.07) is 2.14. The Morgan fingerprint density at radius 1 is 1.43 bits per heavy atom. The minimum absolute atomic E-state index is 0.127. The maximum absolute atomic E-state index is 12.6. The van der Waals surface area contributed by atoms with Crippen LogP contribution in [0.1, 0.15) is 28.6 Å². The first kappa shape index (κ1) is 16.0. The predicted octanol–water partition coefficient (Wildman–Crippen LogP) is 1.77. The van der Waals surface area contributed by atoms with Crippen molar-refractivity contribution < 1.29 is 14.3 Å². The van der Waals surface area contributed by atoms with Crippen LogP contribution in [0.4, 0.5) is 0 Å². The van der Waals surface area contributed by atoms with Gasteiger partial charge in [-0.25, -0.2) is 0 Å². The fourth-order valence-electron chi connectivity index (χ4n) is 2.61. The number of aryl methyl sites for hydroxylation is 1. The first-order chi connectivity index (χ1) is 10.0. The van der Waals surface area contributed by atoms with Crippen molar-refractivity contribution in [2.75, 3.05) is 33.3 Å². The van der Waals surface area contributed by atoms with E-state index in [9.17, 15) is 9.59 Å². The van der Waals surface area contributed by atoms with Crippen LogP contribution in [0.15, 0.2) is 11.4 Å². The smallest absolute Gasteiger partial charge is 0.306 e. The van der Waals surface area contributed by atoms with E-state index in [1.165, 1.54) is 18.4 Å². The highest BCUT2D eigenvalue weighted by molar-refractivity contribution is 7.12. The molecule has 0 saturated carbocycles. The standard InChI is InChI=1S/C15H22N2O3S/c1-11-5-9-21-14(11)15(19)17-8-7-16(10-12(17)2)6-4-13(18)20-3/h5,9,12H,4,6-8,10H2,1-3H3/t12-/m1/s1. The number of thiophene rings is 1. The first-order valence-corrected chi connectivity index (χ1v) is 8.05. The number of carbonyl (C=O) groups excluding carboxylic acids is 2. The van der Waals surface area contributed by atoms with Crippen molar-refractivity contribution >= 4 is 23.2 Å². The maximum atomic E-state index is 12.6. The van der Waals surface area contributed by atoms with Crippen LogP contribution < -0.4 is 0 Å². The lowest BCUT2D eigenvalue weighted by molar-refractivity contribution is -0.141. The Labute approximate surface area is 129 Å². The first-order valence-electron chi connectivity index (χ1n) is 7.17. The Balaban J connectivity index is 1.91. The molecule has 1 aliphatic rings. The van der Waals surface area contributed by atoms with Crippen molar-refractivity contribution in [3.8, 4) is 0 Å². The van der Waals surface area contributed by atoms with Gasteiger partial charge in [-0.3, -0.25) is 14.5 Å². The van der Waals surface area contributed by atoms with Crippen molar-refractivity contribution in [1.29, 1.82) is 0 Å². The minimum atomic E-state index is -0.185. The van der Waals surface area contributed by atoms with E-state index in [4.69, 9.17) is 0 Å². The van der Waals surface area contributed by atoms with Crippen LogP contribution >= 0.6 is 11.3 Å². The molecule has 1 aromatic heterocycles. The Hall–Kier alpha value is -1.40. The van der Waals surface area contributed by atoms with Crippen LogP contribution in [0.25, 0.3) is 0 Å². The summed E-state index contributed by atoms with van der Waals surface area (Å²) in [6.07, 6.45) is 0.404. The molecule has 1 fully saturated rings. The average molecular weight is 310 g/mol. The van der Waals surface area contributed by atoms with Gasteiger partial charge in [-0.2, -0.15) is 0 Å². The van der Waals surface area contributed by atoms with Crippen molar-refractivity contribution in [3.05, 3.63) is 21.9 Å². The van der Waals surface area contributed by atoms with E-state index < -0.39 is 0 Å². The molecule has 21 heavy (non-hydrogen) atoms. The monoisotopic (exact) mass is 310 g/mol. The molecule has 116 valence electrons. The van der Waals surface area contributed by atoms with Crippen molar-refractivity contribution in [1.82, 2.24) is 9.80 Å². The van der Waals surface area contributed by atoms with Crippen molar-refractivity contribution in [3.63, 3.8) is 0 Å². The van der Waals surface area contributed by atoms with E-state index in [1.54, 1.807) is 0 Å². The topological polar surface area (TPSA) is 49.9 Å². The zero-order valence-corrected chi connectivity index (χ0v) is 13.6. The molecule has 2 rings (SSSR count). The molecule has 6 heteroatoms. The van der Waals surface area contributed by atoms with Crippen LogP contribution in [0.3, 0.4) is 0 Å². The van der Waals surface area contributed by atoms with Gasteiger partial charge in [0.25, 0.3) is 5.91 Å². The Bertz CT molecular complexity index is 515. The van der Waals surface area contributed by atoms with Crippen LogP contribution in [-0.2, 0) is 9.53 Å². The van der Waals surface area contributed by atoms with Gasteiger partial charge in [0.05, 0.1) is 18.4 Å². The number of nitrogens with zero attached hydrogens (tertiary/aromatic N) is 2. The number of amides is 1. The maximum Gasteiger partial charge on any atom is 0.306 e. The van der Waals surface area contributed by atoms with Crippen LogP contribution in [-0.4, -0.2) is 61.0 Å². The SMILES string of the molecule is COC(=O)CCN1CCN(C(=O)c2sccc2C)[C@H](C)C1. The molecule has 5 nitrogen and oxygen atoms in total. The van der Waals surface area contributed by atoms with Crippen molar-refractivity contribution in [2.45, 2.75) is 26.3 Å². The van der Waals surface area contributed by atoms with Crippen LogP contribution in [0.5, 0.6) is 0 Å². The number of carbonyl (C=O) groups is 2. The molecule has 0 bridgehead atoms. The number of rotatable bonds is 4. The molecule has 1 atom stereocenters. The summed E-state index contributed by atoms with van der Waals surface area (Å²) < 4.78 is 4.66. The largest absolute Gasteiger partial charge is 0.469 e. The minimum Gasteiger partial charge on any atom is -0.469 e. The van der Waals surface area contributed by atoms with E-state index in [0.29, 0.717) is 19.5 Å². The highest BCUT2D eigenvalue weighted by atomic mass is 32.1. The molecule has 0 aromatic carbocycles.